The molecule has 0 fully saturated rings. The summed E-state index contributed by atoms with van der Waals surface area (Å²) in [6.07, 6.45) is 15.3. The molecule has 6 rings (SSSR count). The molecule has 0 saturated carbocycles. The second-order valence-electron chi connectivity index (χ2n) is 9.32. The Morgan fingerprint density at radius 1 is 0.579 bits per heavy atom. The number of hydrogen-bond donors (Lipinski definition) is 0. The maximum atomic E-state index is 2.23. The average Bonchev–Trinajstić information content (AvgIpc) is 3.65. The predicted molar refractivity (Wildman–Crippen MR) is 155 cm³/mol. The van der Waals surface area contributed by atoms with Crippen LogP contribution in [0.5, 0.6) is 0 Å². The molecule has 2 aliphatic rings. The van der Waals surface area contributed by atoms with Gasteiger partial charge >= 0.3 is 82.6 Å². The van der Waals surface area contributed by atoms with Gasteiger partial charge < -0.3 is 24.8 Å². The summed E-state index contributed by atoms with van der Waals surface area (Å²) in [5.74, 6) is 0. The number of allylic oxidation sites excluding steroid dienone is 8. The summed E-state index contributed by atoms with van der Waals surface area (Å²) >= 11 is 3.11. The third-order valence-electron chi connectivity index (χ3n) is 5.60. The number of halogens is 2. The van der Waals surface area contributed by atoms with E-state index < -0.39 is 0 Å². The van der Waals surface area contributed by atoms with Crippen molar-refractivity contribution in [1.29, 1.82) is 0 Å². The van der Waals surface area contributed by atoms with Crippen LogP contribution in [0.4, 0.5) is 0 Å². The molecule has 2 aliphatic carbocycles. The van der Waals surface area contributed by atoms with Crippen LogP contribution < -0.4 is 24.8 Å². The van der Waals surface area contributed by atoms with Gasteiger partial charge in [-0.1, -0.05) is 71.8 Å². The van der Waals surface area contributed by atoms with Crippen molar-refractivity contribution in [3.8, 4) is 0 Å². The molecule has 38 heavy (non-hydrogen) atoms. The largest absolute Gasteiger partial charge is 1.00 e. The van der Waals surface area contributed by atoms with Gasteiger partial charge in [0.2, 0.25) is 0 Å². The first kappa shape index (κ1) is 34.7. The molecule has 0 aliphatic heterocycles. The molecule has 0 saturated heterocycles. The Hall–Kier alpha value is -1.29. The SMILES string of the molecule is C1=CCC([c-]2ccc3ccccc32)=C1.C1=CCC([c-]2ccc3ccccc32)=C1.C[C](C)=[Zr].C[C](C)=[Zr].[Cl-].[Cl-]. The topological polar surface area (TPSA) is 0 Å². The van der Waals surface area contributed by atoms with Crippen LogP contribution in [0.2, 0.25) is 0 Å². The fraction of sp³-hybridized carbons (Fsp3) is 0.176. The van der Waals surface area contributed by atoms with Crippen LogP contribution in [0.15, 0.2) is 109 Å². The van der Waals surface area contributed by atoms with Crippen LogP contribution >= 0.6 is 0 Å². The van der Waals surface area contributed by atoms with E-state index in [2.05, 4.69) is 137 Å². The van der Waals surface area contributed by atoms with Crippen molar-refractivity contribution in [2.24, 2.45) is 0 Å². The van der Waals surface area contributed by atoms with Gasteiger partial charge in [-0.05, 0) is 12.8 Å². The summed E-state index contributed by atoms with van der Waals surface area (Å²) in [5, 5.41) is 5.44. The van der Waals surface area contributed by atoms with Gasteiger partial charge in [0.05, 0.1) is 0 Å². The standard InChI is InChI=1S/2C14H11.2C3H6.2ClH.2Zr/c2*1-2-6-11(5-1)14-10-9-12-7-3-4-8-13(12)14;2*1-3-2;;;;/h2*1-5,7-10H,6H2;2*1-2H3;2*1H;;/q2*-1;;;;;;/p-2. The van der Waals surface area contributed by atoms with Crippen LogP contribution in [-0.2, 0) is 48.5 Å². The molecule has 4 aromatic carbocycles. The minimum absolute atomic E-state index is 0. The molecule has 0 atom stereocenters. The van der Waals surface area contributed by atoms with Gasteiger partial charge in [0, 0.05) is 0 Å². The van der Waals surface area contributed by atoms with Gasteiger partial charge in [0.15, 0.2) is 0 Å². The van der Waals surface area contributed by atoms with E-state index in [-0.39, 0.29) is 24.8 Å². The first-order valence-electron chi connectivity index (χ1n) is 12.4. The predicted octanol–water partition coefficient (Wildman–Crippen LogP) is 3.30. The molecule has 0 aromatic heterocycles. The fourth-order valence-electron chi connectivity index (χ4n) is 4.16. The van der Waals surface area contributed by atoms with Crippen LogP contribution in [-0.4, -0.2) is 6.41 Å². The summed E-state index contributed by atoms with van der Waals surface area (Å²) in [5.41, 5.74) is 5.66. The Balaban J connectivity index is 0.000000287. The molecular weight excluding hydrogens is 662 g/mol. The molecule has 0 radical (unpaired) electrons. The van der Waals surface area contributed by atoms with Crippen molar-refractivity contribution >= 4 is 39.1 Å². The van der Waals surface area contributed by atoms with Gasteiger partial charge in [-0.15, -0.1) is 81.2 Å². The Labute approximate surface area is 270 Å². The zero-order chi connectivity index (χ0) is 25.9. The van der Waals surface area contributed by atoms with E-state index in [0.717, 1.165) is 12.8 Å². The van der Waals surface area contributed by atoms with Gasteiger partial charge in [0.25, 0.3) is 0 Å². The molecular formula is C34H34Cl2Zr2-4. The van der Waals surface area contributed by atoms with Crippen molar-refractivity contribution in [3.05, 3.63) is 120 Å². The molecule has 0 N–H and O–H groups in total. The van der Waals surface area contributed by atoms with Gasteiger partial charge in [-0.2, -0.15) is 0 Å². The number of fused-ring (bicyclic) bond motifs is 2. The summed E-state index contributed by atoms with van der Waals surface area (Å²) in [7, 11) is 0. The molecule has 0 heterocycles. The molecule has 0 unspecified atom stereocenters. The zero-order valence-electron chi connectivity index (χ0n) is 22.6. The monoisotopic (exact) mass is 692 g/mol. The van der Waals surface area contributed by atoms with Gasteiger partial charge in [-0.3, -0.25) is 0 Å². The molecule has 0 bridgehead atoms. The van der Waals surface area contributed by atoms with E-state index in [4.69, 9.17) is 0 Å². The molecule has 196 valence electrons. The normalized spacial score (nSPS) is 12.4. The minimum Gasteiger partial charge on any atom is -1.00 e. The van der Waals surface area contributed by atoms with Crippen molar-refractivity contribution < 1.29 is 73.3 Å². The maximum absolute atomic E-state index is 2.23. The second-order valence-corrected chi connectivity index (χ2v) is 14.2. The minimum atomic E-state index is 0. The molecule has 4 aromatic rings. The van der Waals surface area contributed by atoms with Crippen LogP contribution in [0.1, 0.15) is 51.7 Å². The van der Waals surface area contributed by atoms with E-state index in [1.807, 2.05) is 0 Å². The van der Waals surface area contributed by atoms with Gasteiger partial charge in [-0.25, -0.2) is 0 Å². The van der Waals surface area contributed by atoms with Crippen molar-refractivity contribution in [1.82, 2.24) is 0 Å². The quantitative estimate of drug-likeness (QED) is 0.283. The molecule has 0 spiro atoms. The van der Waals surface area contributed by atoms with Crippen LogP contribution in [0.3, 0.4) is 0 Å². The van der Waals surface area contributed by atoms with E-state index in [9.17, 15) is 0 Å². The summed E-state index contributed by atoms with van der Waals surface area (Å²) in [6, 6.07) is 26.0. The van der Waals surface area contributed by atoms with Crippen LogP contribution in [0.25, 0.3) is 32.7 Å². The van der Waals surface area contributed by atoms with E-state index in [1.54, 1.807) is 48.5 Å². The van der Waals surface area contributed by atoms with Crippen LogP contribution in [0, 0.1) is 0 Å². The Bertz CT molecular complexity index is 1340. The van der Waals surface area contributed by atoms with E-state index in [1.165, 1.54) is 50.2 Å². The second kappa shape index (κ2) is 18.1. The average molecular weight is 696 g/mol. The molecule has 0 amide bonds. The summed E-state index contributed by atoms with van der Waals surface area (Å²) < 4.78 is 3.01. The Morgan fingerprint density at radius 3 is 1.24 bits per heavy atom. The first-order valence-corrected chi connectivity index (χ1v) is 14.9. The summed E-state index contributed by atoms with van der Waals surface area (Å²) in [6.45, 7) is 8.49. The number of hydrogen-bond acceptors (Lipinski definition) is 0. The first-order chi connectivity index (χ1) is 17.4. The number of benzene rings is 2. The van der Waals surface area contributed by atoms with E-state index >= 15 is 0 Å². The smallest absolute Gasteiger partial charge is 1.00 e. The molecule has 0 nitrogen and oxygen atoms in total. The van der Waals surface area contributed by atoms with Crippen molar-refractivity contribution in [2.75, 3.05) is 0 Å². The Morgan fingerprint density at radius 2 is 0.921 bits per heavy atom. The Kier molecular flexibility index (Phi) is 16.6. The fourth-order valence-corrected chi connectivity index (χ4v) is 4.16. The van der Waals surface area contributed by atoms with Gasteiger partial charge in [0.1, 0.15) is 0 Å². The zero-order valence-corrected chi connectivity index (χ0v) is 29.0. The maximum Gasteiger partial charge on any atom is -1.00 e. The summed E-state index contributed by atoms with van der Waals surface area (Å²) in [4.78, 5) is 0. The molecule has 4 heteroatoms. The van der Waals surface area contributed by atoms with Crippen molar-refractivity contribution in [3.63, 3.8) is 0 Å². The number of rotatable bonds is 2. The third kappa shape index (κ3) is 10.7. The van der Waals surface area contributed by atoms with E-state index in [0.29, 0.717) is 0 Å². The third-order valence-corrected chi connectivity index (χ3v) is 5.60. The van der Waals surface area contributed by atoms with Crippen molar-refractivity contribution in [2.45, 2.75) is 40.5 Å².